The normalized spacial score (nSPS) is 15.9. The Morgan fingerprint density at radius 3 is 2.15 bits per heavy atom. The quantitative estimate of drug-likeness (QED) is 0.455. The van der Waals surface area contributed by atoms with Gasteiger partial charge in [-0.2, -0.15) is 0 Å². The lowest BCUT2D eigenvalue weighted by molar-refractivity contribution is 0.974. The molecule has 0 saturated heterocycles. The molecule has 0 bridgehead atoms. The van der Waals surface area contributed by atoms with Crippen LogP contribution in [0.3, 0.4) is 0 Å². The van der Waals surface area contributed by atoms with Crippen LogP contribution >= 0.6 is 0 Å². The number of hydrogen-bond acceptors (Lipinski definition) is 1. The summed E-state index contributed by atoms with van der Waals surface area (Å²) in [6, 6.07) is 21.7. The molecular weight excluding hydrogens is 326 g/mol. The molecule has 27 heavy (non-hydrogen) atoms. The van der Waals surface area contributed by atoms with E-state index in [0.29, 0.717) is 5.92 Å². The molecule has 0 N–H and O–H groups in total. The molecular formula is C26H25N. The van der Waals surface area contributed by atoms with Crippen LogP contribution < -0.4 is 0 Å². The monoisotopic (exact) mass is 351 g/mol. The second-order valence-corrected chi connectivity index (χ2v) is 7.58. The molecule has 1 aliphatic carbocycles. The molecule has 1 unspecified atom stereocenters. The highest BCUT2D eigenvalue weighted by Crippen LogP contribution is 2.41. The van der Waals surface area contributed by atoms with Crippen LogP contribution in [-0.2, 0) is 0 Å². The maximum Gasteiger partial charge on any atom is 0.0688 e. The van der Waals surface area contributed by atoms with Crippen LogP contribution in [-0.4, -0.2) is 6.21 Å². The van der Waals surface area contributed by atoms with Crippen molar-refractivity contribution in [1.29, 1.82) is 0 Å². The van der Waals surface area contributed by atoms with Crippen molar-refractivity contribution in [3.63, 3.8) is 0 Å². The lowest BCUT2D eigenvalue weighted by Crippen LogP contribution is -2.03. The topological polar surface area (TPSA) is 12.4 Å². The molecule has 0 heterocycles. The Hall–Kier alpha value is -2.93. The Morgan fingerprint density at radius 1 is 0.778 bits per heavy atom. The van der Waals surface area contributed by atoms with Crippen molar-refractivity contribution in [2.24, 2.45) is 4.99 Å². The van der Waals surface area contributed by atoms with Gasteiger partial charge in [0.05, 0.1) is 5.69 Å². The summed E-state index contributed by atoms with van der Waals surface area (Å²) in [4.78, 5) is 4.89. The maximum absolute atomic E-state index is 4.89. The zero-order valence-electron chi connectivity index (χ0n) is 16.5. The number of rotatable bonds is 3. The standard InChI is InChI=1S/C26H25N/c1-17-13-19(3)26(20(4)14-17)27-16-22-10-6-8-12-24(22)25-18(2)15-21-9-5-7-11-23(21)25/h5-16,25H,1-4H3. The molecule has 0 aromatic heterocycles. The van der Waals surface area contributed by atoms with Crippen LogP contribution in [0.5, 0.6) is 0 Å². The number of fused-ring (bicyclic) bond motifs is 1. The van der Waals surface area contributed by atoms with E-state index in [0.717, 1.165) is 5.69 Å². The highest BCUT2D eigenvalue weighted by molar-refractivity contribution is 5.86. The van der Waals surface area contributed by atoms with E-state index in [2.05, 4.69) is 94.4 Å². The fourth-order valence-electron chi connectivity index (χ4n) is 4.29. The molecule has 0 fully saturated rings. The predicted molar refractivity (Wildman–Crippen MR) is 116 cm³/mol. The summed E-state index contributed by atoms with van der Waals surface area (Å²) in [5.74, 6) is 0.309. The van der Waals surface area contributed by atoms with E-state index < -0.39 is 0 Å². The first kappa shape index (κ1) is 17.5. The minimum Gasteiger partial charge on any atom is -0.256 e. The van der Waals surface area contributed by atoms with Gasteiger partial charge in [0.2, 0.25) is 0 Å². The molecule has 0 saturated carbocycles. The summed E-state index contributed by atoms with van der Waals surface area (Å²) in [7, 11) is 0. The molecule has 3 aromatic carbocycles. The van der Waals surface area contributed by atoms with E-state index in [1.807, 2.05) is 6.21 Å². The maximum atomic E-state index is 4.89. The van der Waals surface area contributed by atoms with Gasteiger partial charge in [0.1, 0.15) is 0 Å². The minimum atomic E-state index is 0.309. The second-order valence-electron chi connectivity index (χ2n) is 7.58. The Balaban J connectivity index is 1.77. The van der Waals surface area contributed by atoms with E-state index in [4.69, 9.17) is 4.99 Å². The highest BCUT2D eigenvalue weighted by Gasteiger charge is 2.25. The van der Waals surface area contributed by atoms with Crippen LogP contribution in [0.2, 0.25) is 0 Å². The van der Waals surface area contributed by atoms with Gasteiger partial charge in [0, 0.05) is 12.1 Å². The molecule has 0 radical (unpaired) electrons. The van der Waals surface area contributed by atoms with E-state index in [-0.39, 0.29) is 0 Å². The lowest BCUT2D eigenvalue weighted by Gasteiger charge is -2.17. The van der Waals surface area contributed by atoms with Crippen molar-refractivity contribution in [2.75, 3.05) is 0 Å². The van der Waals surface area contributed by atoms with Gasteiger partial charge in [0.15, 0.2) is 0 Å². The number of allylic oxidation sites excluding steroid dienone is 1. The van der Waals surface area contributed by atoms with Gasteiger partial charge in [-0.3, -0.25) is 4.99 Å². The average Bonchev–Trinajstić information content (AvgIpc) is 2.97. The van der Waals surface area contributed by atoms with Crippen LogP contribution in [0.15, 0.2) is 71.2 Å². The zero-order chi connectivity index (χ0) is 19.0. The van der Waals surface area contributed by atoms with Crippen LogP contribution in [0.1, 0.15) is 51.8 Å². The van der Waals surface area contributed by atoms with Gasteiger partial charge in [0.25, 0.3) is 0 Å². The molecule has 3 aromatic rings. The Kier molecular flexibility index (Phi) is 4.53. The third-order valence-electron chi connectivity index (χ3n) is 5.42. The van der Waals surface area contributed by atoms with Crippen LogP contribution in [0, 0.1) is 20.8 Å². The van der Waals surface area contributed by atoms with Crippen molar-refractivity contribution in [2.45, 2.75) is 33.6 Å². The smallest absolute Gasteiger partial charge is 0.0688 e. The van der Waals surface area contributed by atoms with E-state index in [1.165, 1.54) is 44.5 Å². The van der Waals surface area contributed by atoms with Gasteiger partial charge in [-0.05, 0) is 61.1 Å². The predicted octanol–water partition coefficient (Wildman–Crippen LogP) is 6.91. The first-order valence-corrected chi connectivity index (χ1v) is 9.52. The molecule has 1 nitrogen and oxygen atoms in total. The van der Waals surface area contributed by atoms with Crippen molar-refractivity contribution in [1.82, 2.24) is 0 Å². The number of hydrogen-bond donors (Lipinski definition) is 0. The Labute approximate surface area is 162 Å². The Morgan fingerprint density at radius 2 is 1.41 bits per heavy atom. The number of nitrogens with zero attached hydrogens (tertiary/aromatic N) is 1. The summed E-state index contributed by atoms with van der Waals surface area (Å²) in [6.45, 7) is 8.64. The third kappa shape index (κ3) is 3.26. The summed E-state index contributed by atoms with van der Waals surface area (Å²) >= 11 is 0. The molecule has 0 aliphatic heterocycles. The number of aliphatic imine (C=N–C) groups is 1. The highest BCUT2D eigenvalue weighted by atomic mass is 14.7. The first-order chi connectivity index (χ1) is 13.0. The van der Waals surface area contributed by atoms with Gasteiger partial charge < -0.3 is 0 Å². The molecule has 4 rings (SSSR count). The van der Waals surface area contributed by atoms with Crippen LogP contribution in [0.25, 0.3) is 6.08 Å². The van der Waals surface area contributed by atoms with Crippen molar-refractivity contribution in [3.05, 3.63) is 105 Å². The first-order valence-electron chi connectivity index (χ1n) is 9.52. The van der Waals surface area contributed by atoms with E-state index in [1.54, 1.807) is 0 Å². The molecule has 1 atom stereocenters. The Bertz CT molecular complexity index is 1050. The molecule has 1 heteroatoms. The second kappa shape index (κ2) is 7.00. The van der Waals surface area contributed by atoms with Gasteiger partial charge in [-0.15, -0.1) is 0 Å². The van der Waals surface area contributed by atoms with E-state index >= 15 is 0 Å². The van der Waals surface area contributed by atoms with Crippen molar-refractivity contribution in [3.8, 4) is 0 Å². The number of benzene rings is 3. The molecule has 134 valence electrons. The number of aryl methyl sites for hydroxylation is 3. The molecule has 0 spiro atoms. The summed E-state index contributed by atoms with van der Waals surface area (Å²) in [6.07, 6.45) is 4.34. The van der Waals surface area contributed by atoms with Gasteiger partial charge in [-0.1, -0.05) is 77.9 Å². The largest absolute Gasteiger partial charge is 0.256 e. The van der Waals surface area contributed by atoms with Crippen molar-refractivity contribution < 1.29 is 0 Å². The van der Waals surface area contributed by atoms with E-state index in [9.17, 15) is 0 Å². The third-order valence-corrected chi connectivity index (χ3v) is 5.42. The van der Waals surface area contributed by atoms with Gasteiger partial charge in [-0.25, -0.2) is 0 Å². The SMILES string of the molecule is CC1=Cc2ccccc2C1c1ccccc1C=Nc1c(C)cc(C)cc1C. The fraction of sp³-hybridized carbons (Fsp3) is 0.192. The molecule has 0 amide bonds. The molecule has 1 aliphatic rings. The van der Waals surface area contributed by atoms with Gasteiger partial charge >= 0.3 is 0 Å². The summed E-state index contributed by atoms with van der Waals surface area (Å²) in [5.41, 5.74) is 11.4. The zero-order valence-corrected chi connectivity index (χ0v) is 16.5. The average molecular weight is 351 g/mol. The summed E-state index contributed by atoms with van der Waals surface area (Å²) < 4.78 is 0. The fourth-order valence-corrected chi connectivity index (χ4v) is 4.29. The van der Waals surface area contributed by atoms with Crippen LogP contribution in [0.4, 0.5) is 5.69 Å². The van der Waals surface area contributed by atoms with Crippen molar-refractivity contribution >= 4 is 18.0 Å². The summed E-state index contributed by atoms with van der Waals surface area (Å²) in [5, 5.41) is 0. The minimum absolute atomic E-state index is 0.309. The lowest BCUT2D eigenvalue weighted by atomic mass is 9.86.